The molecule has 3 unspecified atom stereocenters. The van der Waals surface area contributed by atoms with E-state index in [0.29, 0.717) is 0 Å². The lowest BCUT2D eigenvalue weighted by Gasteiger charge is -2.38. The van der Waals surface area contributed by atoms with Gasteiger partial charge in [-0.1, -0.05) is 27.2 Å². The minimum atomic E-state index is -0.727. The van der Waals surface area contributed by atoms with Gasteiger partial charge in [0.05, 0.1) is 17.1 Å². The van der Waals surface area contributed by atoms with Gasteiger partial charge in [-0.2, -0.15) is 5.26 Å². The summed E-state index contributed by atoms with van der Waals surface area (Å²) in [6.07, 6.45) is 2.48. The molecule has 0 radical (unpaired) electrons. The standard InChI is InChI=1S/C12H23NO/c1-6-8-12(5,14)10(3)11(4,7-2)9-13/h10,14H,6-8H2,1-5H3. The molecule has 0 fully saturated rings. The van der Waals surface area contributed by atoms with E-state index in [9.17, 15) is 5.11 Å². The van der Waals surface area contributed by atoms with Gasteiger partial charge in [0.25, 0.3) is 0 Å². The smallest absolute Gasteiger partial charge is 0.0690 e. The minimum Gasteiger partial charge on any atom is -0.390 e. The quantitative estimate of drug-likeness (QED) is 0.736. The molecule has 82 valence electrons. The summed E-state index contributed by atoms with van der Waals surface area (Å²) in [6.45, 7) is 9.80. The van der Waals surface area contributed by atoms with E-state index in [1.807, 2.05) is 27.7 Å². The fourth-order valence-electron chi connectivity index (χ4n) is 1.89. The van der Waals surface area contributed by atoms with Crippen molar-refractivity contribution in [3.8, 4) is 6.07 Å². The van der Waals surface area contributed by atoms with Crippen molar-refractivity contribution < 1.29 is 5.11 Å². The van der Waals surface area contributed by atoms with Gasteiger partial charge in [0.2, 0.25) is 0 Å². The van der Waals surface area contributed by atoms with E-state index in [4.69, 9.17) is 5.26 Å². The van der Waals surface area contributed by atoms with Crippen LogP contribution in [-0.2, 0) is 0 Å². The maximum Gasteiger partial charge on any atom is 0.0690 e. The van der Waals surface area contributed by atoms with Crippen molar-refractivity contribution in [2.45, 2.75) is 59.5 Å². The second kappa shape index (κ2) is 4.79. The van der Waals surface area contributed by atoms with Crippen LogP contribution < -0.4 is 0 Å². The maximum absolute atomic E-state index is 10.2. The maximum atomic E-state index is 10.2. The van der Waals surface area contributed by atoms with Crippen LogP contribution in [-0.4, -0.2) is 10.7 Å². The van der Waals surface area contributed by atoms with E-state index in [2.05, 4.69) is 13.0 Å². The molecule has 2 nitrogen and oxygen atoms in total. The average Bonchev–Trinajstić information content (AvgIpc) is 2.15. The van der Waals surface area contributed by atoms with E-state index in [1.165, 1.54) is 0 Å². The van der Waals surface area contributed by atoms with Crippen LogP contribution in [0.5, 0.6) is 0 Å². The van der Waals surface area contributed by atoms with E-state index < -0.39 is 11.0 Å². The Bertz CT molecular complexity index is 217. The molecule has 0 bridgehead atoms. The average molecular weight is 197 g/mol. The molecule has 0 saturated carbocycles. The van der Waals surface area contributed by atoms with Crippen LogP contribution in [0.3, 0.4) is 0 Å². The van der Waals surface area contributed by atoms with E-state index >= 15 is 0 Å². The number of hydrogen-bond donors (Lipinski definition) is 1. The number of nitrogens with zero attached hydrogens (tertiary/aromatic N) is 1. The molecule has 0 amide bonds. The number of rotatable bonds is 5. The van der Waals surface area contributed by atoms with Gasteiger partial charge in [0.15, 0.2) is 0 Å². The first-order valence-corrected chi connectivity index (χ1v) is 5.47. The monoisotopic (exact) mass is 197 g/mol. The number of hydrogen-bond acceptors (Lipinski definition) is 2. The highest BCUT2D eigenvalue weighted by atomic mass is 16.3. The molecule has 0 aromatic carbocycles. The Morgan fingerprint density at radius 3 is 2.14 bits per heavy atom. The van der Waals surface area contributed by atoms with Gasteiger partial charge in [-0.05, 0) is 26.7 Å². The first-order chi connectivity index (χ1) is 6.34. The molecule has 3 atom stereocenters. The molecule has 0 aliphatic heterocycles. The third-order valence-electron chi connectivity index (χ3n) is 3.63. The van der Waals surface area contributed by atoms with Gasteiger partial charge < -0.3 is 5.11 Å². The summed E-state index contributed by atoms with van der Waals surface area (Å²) in [5.74, 6) is 0.00458. The minimum absolute atomic E-state index is 0.00458. The summed E-state index contributed by atoms with van der Waals surface area (Å²) in [4.78, 5) is 0. The third-order valence-corrected chi connectivity index (χ3v) is 3.63. The van der Waals surface area contributed by atoms with Gasteiger partial charge >= 0.3 is 0 Å². The Hall–Kier alpha value is -0.550. The van der Waals surface area contributed by atoms with Crippen LogP contribution in [0.4, 0.5) is 0 Å². The second-order valence-corrected chi connectivity index (χ2v) is 4.71. The SMILES string of the molecule is CCCC(C)(O)C(C)C(C)(C#N)CC. The summed E-state index contributed by atoms with van der Waals surface area (Å²) in [5.41, 5.74) is -1.14. The van der Waals surface area contributed by atoms with Crippen molar-refractivity contribution in [2.75, 3.05) is 0 Å². The molecule has 0 aromatic heterocycles. The normalized spacial score (nSPS) is 21.8. The van der Waals surface area contributed by atoms with E-state index in [0.717, 1.165) is 19.3 Å². The zero-order valence-electron chi connectivity index (χ0n) is 10.1. The predicted octanol–water partition coefficient (Wildman–Crippen LogP) is 3.11. The molecule has 14 heavy (non-hydrogen) atoms. The van der Waals surface area contributed by atoms with Crippen LogP contribution in [0, 0.1) is 22.7 Å². The fourth-order valence-corrected chi connectivity index (χ4v) is 1.89. The molecule has 2 heteroatoms. The Balaban J connectivity index is 4.75. The van der Waals surface area contributed by atoms with Gasteiger partial charge in [-0.25, -0.2) is 0 Å². The van der Waals surface area contributed by atoms with Crippen LogP contribution in [0.2, 0.25) is 0 Å². The molecule has 0 aliphatic rings. The van der Waals surface area contributed by atoms with Crippen molar-refractivity contribution in [1.82, 2.24) is 0 Å². The van der Waals surface area contributed by atoms with Crippen molar-refractivity contribution in [1.29, 1.82) is 5.26 Å². The summed E-state index contributed by atoms with van der Waals surface area (Å²) in [6, 6.07) is 2.33. The van der Waals surface area contributed by atoms with Crippen LogP contribution in [0.1, 0.15) is 53.9 Å². The highest BCUT2D eigenvalue weighted by Gasteiger charge is 2.40. The van der Waals surface area contributed by atoms with Gasteiger partial charge in [0.1, 0.15) is 0 Å². The summed E-state index contributed by atoms with van der Waals surface area (Å²) in [5, 5.41) is 19.4. The number of nitriles is 1. The molecule has 0 spiro atoms. The zero-order valence-corrected chi connectivity index (χ0v) is 10.1. The molecule has 0 saturated heterocycles. The van der Waals surface area contributed by atoms with Gasteiger partial charge in [-0.15, -0.1) is 0 Å². The lowest BCUT2D eigenvalue weighted by molar-refractivity contribution is -0.0409. The Labute approximate surface area is 87.9 Å². The molecular formula is C12H23NO. The lowest BCUT2D eigenvalue weighted by atomic mass is 9.68. The molecule has 0 aliphatic carbocycles. The summed E-state index contributed by atoms with van der Waals surface area (Å²) >= 11 is 0. The Morgan fingerprint density at radius 1 is 1.36 bits per heavy atom. The second-order valence-electron chi connectivity index (χ2n) is 4.71. The van der Waals surface area contributed by atoms with Gasteiger partial charge in [0, 0.05) is 5.92 Å². The highest BCUT2D eigenvalue weighted by Crippen LogP contribution is 2.39. The fraction of sp³-hybridized carbons (Fsp3) is 0.917. The molecule has 0 heterocycles. The largest absolute Gasteiger partial charge is 0.390 e. The van der Waals surface area contributed by atoms with Crippen LogP contribution in [0.15, 0.2) is 0 Å². The molecule has 0 aromatic rings. The Kier molecular flexibility index (Phi) is 4.61. The zero-order chi connectivity index (χ0) is 11.4. The first-order valence-electron chi connectivity index (χ1n) is 5.47. The van der Waals surface area contributed by atoms with Crippen LogP contribution in [0.25, 0.3) is 0 Å². The highest BCUT2D eigenvalue weighted by molar-refractivity contribution is 5.03. The van der Waals surface area contributed by atoms with Crippen molar-refractivity contribution >= 4 is 0 Å². The van der Waals surface area contributed by atoms with Crippen molar-refractivity contribution in [2.24, 2.45) is 11.3 Å². The summed E-state index contributed by atoms with van der Waals surface area (Å²) in [7, 11) is 0. The van der Waals surface area contributed by atoms with E-state index in [1.54, 1.807) is 0 Å². The third kappa shape index (κ3) is 2.72. The van der Waals surface area contributed by atoms with Crippen molar-refractivity contribution in [3.05, 3.63) is 0 Å². The lowest BCUT2D eigenvalue weighted by Crippen LogP contribution is -2.42. The molecule has 1 N–H and O–H groups in total. The van der Waals surface area contributed by atoms with E-state index in [-0.39, 0.29) is 5.92 Å². The Morgan fingerprint density at radius 2 is 1.86 bits per heavy atom. The predicted molar refractivity (Wildman–Crippen MR) is 58.7 cm³/mol. The summed E-state index contributed by atoms with van der Waals surface area (Å²) < 4.78 is 0. The number of aliphatic hydroxyl groups is 1. The molecular weight excluding hydrogens is 174 g/mol. The molecule has 0 rings (SSSR count). The van der Waals surface area contributed by atoms with Crippen LogP contribution >= 0.6 is 0 Å². The van der Waals surface area contributed by atoms with Gasteiger partial charge in [-0.3, -0.25) is 0 Å². The topological polar surface area (TPSA) is 44.0 Å². The first kappa shape index (κ1) is 13.4. The van der Waals surface area contributed by atoms with Crippen molar-refractivity contribution in [3.63, 3.8) is 0 Å².